The second-order valence-corrected chi connectivity index (χ2v) is 6.95. The molecule has 3 rings (SSSR count). The lowest BCUT2D eigenvalue weighted by Gasteiger charge is -2.33. The molecular formula is C16H23NO3S. The highest BCUT2D eigenvalue weighted by atomic mass is 32.1. The van der Waals surface area contributed by atoms with E-state index in [0.29, 0.717) is 19.1 Å². The van der Waals surface area contributed by atoms with Crippen molar-refractivity contribution < 1.29 is 14.3 Å². The highest BCUT2D eigenvalue weighted by molar-refractivity contribution is 7.14. The average Bonchev–Trinajstić information content (AvgIpc) is 3.16. The maximum Gasteiger partial charge on any atom is 0.263 e. The zero-order valence-corrected chi connectivity index (χ0v) is 13.6. The molecule has 4 nitrogen and oxygen atoms in total. The Morgan fingerprint density at radius 1 is 1.33 bits per heavy atom. The van der Waals surface area contributed by atoms with Crippen molar-refractivity contribution in [3.05, 3.63) is 21.4 Å². The molecule has 2 aliphatic rings. The van der Waals surface area contributed by atoms with Crippen LogP contribution >= 0.6 is 11.3 Å². The summed E-state index contributed by atoms with van der Waals surface area (Å²) in [7, 11) is 0. The van der Waals surface area contributed by atoms with Crippen LogP contribution in [0.5, 0.6) is 0 Å². The lowest BCUT2D eigenvalue weighted by Crippen LogP contribution is -2.41. The molecule has 116 valence electrons. The Balaban J connectivity index is 1.59. The van der Waals surface area contributed by atoms with Gasteiger partial charge in [-0.05, 0) is 37.8 Å². The van der Waals surface area contributed by atoms with E-state index in [1.54, 1.807) is 11.3 Å². The van der Waals surface area contributed by atoms with Gasteiger partial charge in [-0.25, -0.2) is 0 Å². The first kappa shape index (κ1) is 15.0. The van der Waals surface area contributed by atoms with E-state index in [9.17, 15) is 4.79 Å². The largest absolute Gasteiger partial charge is 0.350 e. The Labute approximate surface area is 130 Å². The molecule has 0 aliphatic carbocycles. The van der Waals surface area contributed by atoms with Crippen molar-refractivity contribution >= 4 is 17.2 Å². The predicted octanol–water partition coefficient (Wildman–Crippen LogP) is 2.84. The van der Waals surface area contributed by atoms with E-state index in [2.05, 4.69) is 13.8 Å². The quantitative estimate of drug-likeness (QED) is 0.862. The number of piperidine rings is 1. The molecule has 1 aromatic rings. The third kappa shape index (κ3) is 3.15. The molecule has 2 aliphatic heterocycles. The number of likely N-dealkylation sites (tertiary alicyclic amines) is 1. The fraction of sp³-hybridized carbons (Fsp3) is 0.688. The van der Waals surface area contributed by atoms with Gasteiger partial charge in [-0.3, -0.25) is 4.79 Å². The van der Waals surface area contributed by atoms with Gasteiger partial charge in [-0.2, -0.15) is 0 Å². The van der Waals surface area contributed by atoms with Crippen LogP contribution in [0.3, 0.4) is 0 Å². The van der Waals surface area contributed by atoms with Crippen molar-refractivity contribution in [1.29, 1.82) is 0 Å². The molecule has 0 aromatic carbocycles. The van der Waals surface area contributed by atoms with E-state index in [0.717, 1.165) is 37.2 Å². The Bertz CT molecular complexity index is 500. The van der Waals surface area contributed by atoms with Gasteiger partial charge in [0.05, 0.1) is 18.1 Å². The summed E-state index contributed by atoms with van der Waals surface area (Å²) in [5.74, 6) is 0.627. The van der Waals surface area contributed by atoms with Crippen LogP contribution in [-0.2, 0) is 15.9 Å². The number of carbonyl (C=O) groups is 1. The fourth-order valence-electron chi connectivity index (χ4n) is 3.16. The Morgan fingerprint density at radius 2 is 2.00 bits per heavy atom. The van der Waals surface area contributed by atoms with Gasteiger partial charge >= 0.3 is 0 Å². The van der Waals surface area contributed by atoms with Gasteiger partial charge in [0, 0.05) is 23.9 Å². The molecule has 0 bridgehead atoms. The number of thiophene rings is 1. The van der Waals surface area contributed by atoms with Crippen LogP contribution in [-0.4, -0.2) is 43.4 Å². The minimum absolute atomic E-state index is 0.0436. The number of hydrogen-bond acceptors (Lipinski definition) is 4. The zero-order chi connectivity index (χ0) is 14.8. The minimum atomic E-state index is -0.0436. The normalized spacial score (nSPS) is 21.1. The van der Waals surface area contributed by atoms with Crippen LogP contribution in [0.2, 0.25) is 0 Å². The molecule has 5 heteroatoms. The SMILES string of the molecule is CCc1sc(C(=O)N2CCC(C3OCCO3)CC2)cc1C. The molecule has 0 N–H and O–H groups in total. The van der Waals surface area contributed by atoms with E-state index >= 15 is 0 Å². The summed E-state index contributed by atoms with van der Waals surface area (Å²) in [6, 6.07) is 2.04. The molecule has 0 saturated carbocycles. The van der Waals surface area contributed by atoms with Crippen LogP contribution in [0.4, 0.5) is 0 Å². The lowest BCUT2D eigenvalue weighted by molar-refractivity contribution is -0.0955. The Kier molecular flexibility index (Phi) is 4.62. The number of aryl methyl sites for hydroxylation is 2. The number of amides is 1. The molecule has 0 atom stereocenters. The zero-order valence-electron chi connectivity index (χ0n) is 12.8. The third-order valence-electron chi connectivity index (χ3n) is 4.41. The second kappa shape index (κ2) is 6.46. The molecule has 0 unspecified atom stereocenters. The molecule has 3 heterocycles. The second-order valence-electron chi connectivity index (χ2n) is 5.81. The molecule has 21 heavy (non-hydrogen) atoms. The van der Waals surface area contributed by atoms with Crippen molar-refractivity contribution in [2.75, 3.05) is 26.3 Å². The summed E-state index contributed by atoms with van der Waals surface area (Å²) in [6.07, 6.45) is 2.91. The maximum atomic E-state index is 12.6. The molecule has 2 fully saturated rings. The smallest absolute Gasteiger partial charge is 0.263 e. The third-order valence-corrected chi connectivity index (χ3v) is 5.78. The highest BCUT2D eigenvalue weighted by Gasteiger charge is 2.32. The number of rotatable bonds is 3. The number of hydrogen-bond donors (Lipinski definition) is 0. The summed E-state index contributed by atoms with van der Waals surface area (Å²) in [5, 5.41) is 0. The first-order valence-corrected chi connectivity index (χ1v) is 8.62. The van der Waals surface area contributed by atoms with E-state index < -0.39 is 0 Å². The number of ether oxygens (including phenoxy) is 2. The molecule has 0 radical (unpaired) electrons. The number of carbonyl (C=O) groups excluding carboxylic acids is 1. The van der Waals surface area contributed by atoms with Gasteiger partial charge in [-0.1, -0.05) is 6.92 Å². The van der Waals surface area contributed by atoms with Gasteiger partial charge in [-0.15, -0.1) is 11.3 Å². The predicted molar refractivity (Wildman–Crippen MR) is 82.8 cm³/mol. The minimum Gasteiger partial charge on any atom is -0.350 e. The maximum absolute atomic E-state index is 12.6. The van der Waals surface area contributed by atoms with Gasteiger partial charge in [0.2, 0.25) is 0 Å². The standard InChI is InChI=1S/C16H23NO3S/c1-3-13-11(2)10-14(21-13)15(18)17-6-4-12(5-7-17)16-19-8-9-20-16/h10,12,16H,3-9H2,1-2H3. The average molecular weight is 309 g/mol. The summed E-state index contributed by atoms with van der Waals surface area (Å²) < 4.78 is 11.2. The van der Waals surface area contributed by atoms with Crippen LogP contribution in [0.1, 0.15) is 39.9 Å². The molecule has 1 amide bonds. The van der Waals surface area contributed by atoms with Crippen LogP contribution in [0, 0.1) is 12.8 Å². The van der Waals surface area contributed by atoms with Crippen LogP contribution < -0.4 is 0 Å². The molecule has 0 spiro atoms. The van der Waals surface area contributed by atoms with Crippen molar-refractivity contribution in [2.45, 2.75) is 39.4 Å². The van der Waals surface area contributed by atoms with Gasteiger partial charge in [0.1, 0.15) is 0 Å². The van der Waals surface area contributed by atoms with Crippen molar-refractivity contribution in [2.24, 2.45) is 5.92 Å². The summed E-state index contributed by atoms with van der Waals surface area (Å²) in [5.41, 5.74) is 1.24. The van der Waals surface area contributed by atoms with Crippen molar-refractivity contribution in [3.63, 3.8) is 0 Å². The monoisotopic (exact) mass is 309 g/mol. The van der Waals surface area contributed by atoms with E-state index in [1.165, 1.54) is 10.4 Å². The van der Waals surface area contributed by atoms with Gasteiger partial charge in [0.25, 0.3) is 5.91 Å². The highest BCUT2D eigenvalue weighted by Crippen LogP contribution is 2.28. The van der Waals surface area contributed by atoms with Crippen LogP contribution in [0.15, 0.2) is 6.07 Å². The Hall–Kier alpha value is -0.910. The topological polar surface area (TPSA) is 38.8 Å². The van der Waals surface area contributed by atoms with E-state index in [1.807, 2.05) is 11.0 Å². The molecule has 1 aromatic heterocycles. The first-order valence-electron chi connectivity index (χ1n) is 7.81. The molecule has 2 saturated heterocycles. The summed E-state index contributed by atoms with van der Waals surface area (Å²) in [4.78, 5) is 16.8. The summed E-state index contributed by atoms with van der Waals surface area (Å²) >= 11 is 1.65. The van der Waals surface area contributed by atoms with E-state index in [-0.39, 0.29) is 12.2 Å². The van der Waals surface area contributed by atoms with Gasteiger partial charge in [0.15, 0.2) is 6.29 Å². The number of nitrogens with zero attached hydrogens (tertiary/aromatic N) is 1. The molecular weight excluding hydrogens is 286 g/mol. The lowest BCUT2D eigenvalue weighted by atomic mass is 9.96. The fourth-order valence-corrected chi connectivity index (χ4v) is 4.24. The van der Waals surface area contributed by atoms with Crippen molar-refractivity contribution in [1.82, 2.24) is 4.90 Å². The van der Waals surface area contributed by atoms with Gasteiger partial charge < -0.3 is 14.4 Å². The first-order chi connectivity index (χ1) is 10.2. The Morgan fingerprint density at radius 3 is 2.57 bits per heavy atom. The summed E-state index contributed by atoms with van der Waals surface area (Å²) in [6.45, 7) is 7.26. The van der Waals surface area contributed by atoms with Crippen LogP contribution in [0.25, 0.3) is 0 Å². The van der Waals surface area contributed by atoms with Crippen molar-refractivity contribution in [3.8, 4) is 0 Å². The van der Waals surface area contributed by atoms with E-state index in [4.69, 9.17) is 9.47 Å².